The van der Waals surface area contributed by atoms with Crippen LogP contribution >= 0.6 is 27.7 Å². The maximum absolute atomic E-state index is 13.0. The van der Waals surface area contributed by atoms with Crippen molar-refractivity contribution in [1.82, 2.24) is 25.5 Å². The second-order valence-electron chi connectivity index (χ2n) is 6.84. The number of benzene rings is 3. The molecule has 0 saturated carbocycles. The monoisotopic (exact) mass is 493 g/mol. The van der Waals surface area contributed by atoms with Crippen LogP contribution in [0.25, 0.3) is 5.69 Å². The van der Waals surface area contributed by atoms with Gasteiger partial charge in [-0.15, -0.1) is 16.9 Å². The van der Waals surface area contributed by atoms with Crippen LogP contribution in [0.15, 0.2) is 88.2 Å². The lowest BCUT2D eigenvalue weighted by atomic mass is 10.1. The van der Waals surface area contributed by atoms with E-state index in [1.54, 1.807) is 4.68 Å². The smallest absolute Gasteiger partial charge is 0.252 e. The molecule has 1 unspecified atom stereocenters. The molecule has 1 N–H and O–H groups in total. The first kappa shape index (κ1) is 21.3. The minimum absolute atomic E-state index is 0.117. The lowest BCUT2D eigenvalue weighted by Gasteiger charge is -2.17. The number of halogens is 1. The van der Waals surface area contributed by atoms with E-state index in [-0.39, 0.29) is 11.9 Å². The van der Waals surface area contributed by atoms with Crippen LogP contribution < -0.4 is 5.32 Å². The number of nitrogens with one attached hydrogen (secondary N) is 1. The minimum atomic E-state index is -0.133. The van der Waals surface area contributed by atoms with Gasteiger partial charge >= 0.3 is 0 Å². The number of hydrogen-bond acceptors (Lipinski definition) is 5. The molecule has 1 atom stereocenters. The Bertz CT molecular complexity index is 1180. The van der Waals surface area contributed by atoms with E-state index in [4.69, 9.17) is 0 Å². The molecule has 4 aromatic rings. The van der Waals surface area contributed by atoms with E-state index in [0.717, 1.165) is 20.6 Å². The fourth-order valence-electron chi connectivity index (χ4n) is 3.17. The minimum Gasteiger partial charge on any atom is -0.345 e. The van der Waals surface area contributed by atoms with Crippen LogP contribution in [0.4, 0.5) is 0 Å². The molecule has 0 aliphatic rings. The van der Waals surface area contributed by atoms with Crippen molar-refractivity contribution in [3.63, 3.8) is 0 Å². The number of aromatic nitrogens is 4. The van der Waals surface area contributed by atoms with Crippen molar-refractivity contribution in [2.24, 2.45) is 0 Å². The van der Waals surface area contributed by atoms with Crippen molar-refractivity contribution in [1.29, 1.82) is 0 Å². The van der Waals surface area contributed by atoms with Gasteiger partial charge in [-0.2, -0.15) is 4.68 Å². The Morgan fingerprint density at radius 3 is 2.55 bits per heavy atom. The van der Waals surface area contributed by atoms with Crippen molar-refractivity contribution in [2.75, 3.05) is 0 Å². The summed E-state index contributed by atoms with van der Waals surface area (Å²) in [5.41, 5.74) is 2.56. The van der Waals surface area contributed by atoms with Crippen LogP contribution in [-0.4, -0.2) is 26.1 Å². The number of hydrogen-bond donors (Lipinski definition) is 1. The van der Waals surface area contributed by atoms with Crippen LogP contribution in [0.2, 0.25) is 0 Å². The number of tetrazole rings is 1. The Hall–Kier alpha value is -2.97. The SMILES string of the molecule is CC(NC(=O)c1ccccc1SCc1nnnn1-c1ccccc1)c1ccccc1Br. The number of carbonyl (C=O) groups excluding carboxylic acids is 1. The summed E-state index contributed by atoms with van der Waals surface area (Å²) >= 11 is 5.09. The lowest BCUT2D eigenvalue weighted by Crippen LogP contribution is -2.27. The number of amides is 1. The Balaban J connectivity index is 1.49. The highest BCUT2D eigenvalue weighted by Crippen LogP contribution is 2.28. The standard InChI is InChI=1S/C23H20BrN5OS/c1-16(18-11-5-7-13-20(18)24)25-23(30)19-12-6-8-14-21(19)31-15-22-26-27-28-29(22)17-9-3-2-4-10-17/h2-14,16H,15H2,1H3,(H,25,30). The van der Waals surface area contributed by atoms with E-state index in [1.165, 1.54) is 11.8 Å². The summed E-state index contributed by atoms with van der Waals surface area (Å²) in [4.78, 5) is 13.9. The Labute approximate surface area is 193 Å². The summed E-state index contributed by atoms with van der Waals surface area (Å²) in [5.74, 6) is 1.13. The maximum Gasteiger partial charge on any atom is 0.252 e. The van der Waals surface area contributed by atoms with Gasteiger partial charge in [0.25, 0.3) is 5.91 Å². The number of thioether (sulfide) groups is 1. The number of rotatable bonds is 7. The summed E-state index contributed by atoms with van der Waals surface area (Å²) in [7, 11) is 0. The van der Waals surface area contributed by atoms with Crippen LogP contribution in [0.5, 0.6) is 0 Å². The zero-order chi connectivity index (χ0) is 21.6. The van der Waals surface area contributed by atoms with Crippen LogP contribution in [0.1, 0.15) is 34.7 Å². The van der Waals surface area contributed by atoms with Crippen molar-refractivity contribution >= 4 is 33.6 Å². The average molecular weight is 494 g/mol. The van der Waals surface area contributed by atoms with Gasteiger partial charge in [0.2, 0.25) is 0 Å². The number of carbonyl (C=O) groups is 1. The number of nitrogens with zero attached hydrogens (tertiary/aromatic N) is 4. The van der Waals surface area contributed by atoms with Gasteiger partial charge in [-0.05, 0) is 53.2 Å². The molecule has 4 rings (SSSR count). The predicted octanol–water partition coefficient (Wildman–Crippen LogP) is 5.21. The van der Waals surface area contributed by atoms with E-state index in [0.29, 0.717) is 17.1 Å². The first-order chi connectivity index (χ1) is 15.1. The van der Waals surface area contributed by atoms with Gasteiger partial charge in [0.1, 0.15) is 0 Å². The molecule has 0 spiro atoms. The quantitative estimate of drug-likeness (QED) is 0.357. The third-order valence-electron chi connectivity index (χ3n) is 4.74. The Morgan fingerprint density at radius 2 is 1.74 bits per heavy atom. The molecule has 0 fully saturated rings. The second-order valence-corrected chi connectivity index (χ2v) is 8.72. The third-order valence-corrected chi connectivity index (χ3v) is 6.53. The molecular weight excluding hydrogens is 474 g/mol. The zero-order valence-electron chi connectivity index (χ0n) is 16.8. The van der Waals surface area contributed by atoms with Gasteiger partial charge < -0.3 is 5.32 Å². The topological polar surface area (TPSA) is 72.7 Å². The van der Waals surface area contributed by atoms with Crippen molar-refractivity contribution < 1.29 is 4.79 Å². The van der Waals surface area contributed by atoms with Crippen molar-refractivity contribution in [2.45, 2.75) is 23.6 Å². The van der Waals surface area contributed by atoms with Gasteiger partial charge in [-0.3, -0.25) is 4.79 Å². The van der Waals surface area contributed by atoms with Crippen molar-refractivity contribution in [3.8, 4) is 5.69 Å². The highest BCUT2D eigenvalue weighted by molar-refractivity contribution is 9.10. The molecule has 0 aliphatic heterocycles. The molecule has 0 radical (unpaired) electrons. The van der Waals surface area contributed by atoms with Crippen LogP contribution in [-0.2, 0) is 5.75 Å². The summed E-state index contributed by atoms with van der Waals surface area (Å²) in [5, 5.41) is 15.2. The molecule has 3 aromatic carbocycles. The molecule has 31 heavy (non-hydrogen) atoms. The molecule has 8 heteroatoms. The molecule has 0 aliphatic carbocycles. The van der Waals surface area contributed by atoms with E-state index >= 15 is 0 Å². The van der Waals surface area contributed by atoms with E-state index < -0.39 is 0 Å². The van der Waals surface area contributed by atoms with Gasteiger partial charge in [0.05, 0.1) is 23.0 Å². The maximum atomic E-state index is 13.0. The largest absolute Gasteiger partial charge is 0.345 e. The predicted molar refractivity (Wildman–Crippen MR) is 125 cm³/mol. The van der Waals surface area contributed by atoms with Gasteiger partial charge in [0.15, 0.2) is 5.82 Å². The normalized spacial score (nSPS) is 11.8. The summed E-state index contributed by atoms with van der Waals surface area (Å²) in [6.07, 6.45) is 0. The molecular formula is C23H20BrN5OS. The van der Waals surface area contributed by atoms with E-state index in [9.17, 15) is 4.79 Å². The highest BCUT2D eigenvalue weighted by Gasteiger charge is 2.17. The first-order valence-corrected chi connectivity index (χ1v) is 11.5. The van der Waals surface area contributed by atoms with Gasteiger partial charge in [-0.1, -0.05) is 64.5 Å². The summed E-state index contributed by atoms with van der Waals surface area (Å²) in [6.45, 7) is 1.97. The summed E-state index contributed by atoms with van der Waals surface area (Å²) < 4.78 is 2.68. The Morgan fingerprint density at radius 1 is 1.03 bits per heavy atom. The van der Waals surface area contributed by atoms with Gasteiger partial charge in [0, 0.05) is 9.37 Å². The zero-order valence-corrected chi connectivity index (χ0v) is 19.2. The number of para-hydroxylation sites is 1. The lowest BCUT2D eigenvalue weighted by molar-refractivity contribution is 0.0937. The fourth-order valence-corrected chi connectivity index (χ4v) is 4.75. The van der Waals surface area contributed by atoms with E-state index in [1.807, 2.05) is 85.8 Å². The Kier molecular flexibility index (Phi) is 6.79. The van der Waals surface area contributed by atoms with E-state index in [2.05, 4.69) is 36.8 Å². The highest BCUT2D eigenvalue weighted by atomic mass is 79.9. The van der Waals surface area contributed by atoms with Crippen LogP contribution in [0.3, 0.4) is 0 Å². The molecule has 1 aromatic heterocycles. The average Bonchev–Trinajstić information content (AvgIpc) is 3.27. The van der Waals surface area contributed by atoms with Gasteiger partial charge in [-0.25, -0.2) is 0 Å². The first-order valence-electron chi connectivity index (χ1n) is 9.73. The molecule has 0 saturated heterocycles. The third kappa shape index (κ3) is 5.03. The molecule has 1 heterocycles. The second kappa shape index (κ2) is 9.89. The fraction of sp³-hybridized carbons (Fsp3) is 0.130. The van der Waals surface area contributed by atoms with Crippen molar-refractivity contribution in [3.05, 3.63) is 100 Å². The molecule has 1 amide bonds. The molecule has 0 bridgehead atoms. The van der Waals surface area contributed by atoms with Crippen LogP contribution in [0, 0.1) is 0 Å². The summed E-state index contributed by atoms with van der Waals surface area (Å²) in [6, 6.07) is 25.1. The molecule has 156 valence electrons. The molecule has 6 nitrogen and oxygen atoms in total.